The molecule has 0 saturated heterocycles. The van der Waals surface area contributed by atoms with Gasteiger partial charge in [-0.15, -0.1) is 0 Å². The van der Waals surface area contributed by atoms with Crippen molar-refractivity contribution in [2.24, 2.45) is 0 Å². The minimum atomic E-state index is -0.537. The number of carbonyl (C=O) groups excluding carboxylic acids is 2. The van der Waals surface area contributed by atoms with Crippen LogP contribution in [0, 0.1) is 0 Å². The molecule has 0 bridgehead atoms. The fraction of sp³-hybridized carbons (Fsp3) is 0.400. The van der Waals surface area contributed by atoms with Crippen molar-refractivity contribution in [3.8, 4) is 0 Å². The normalized spacial score (nSPS) is 13.6. The molecular formula is C15H18N2O4S. The summed E-state index contributed by atoms with van der Waals surface area (Å²) < 4.78 is 11.3. The monoisotopic (exact) mass is 322 g/mol. The Morgan fingerprint density at radius 2 is 1.77 bits per heavy atom. The molecule has 6 nitrogen and oxygen atoms in total. The molecule has 2 atom stereocenters. The van der Waals surface area contributed by atoms with Crippen molar-refractivity contribution in [1.82, 2.24) is 9.55 Å². The summed E-state index contributed by atoms with van der Waals surface area (Å²) in [6.07, 6.45) is 0. The first-order valence-corrected chi connectivity index (χ1v) is 7.66. The molecule has 0 saturated carbocycles. The zero-order valence-corrected chi connectivity index (χ0v) is 13.7. The molecule has 0 unspecified atom stereocenters. The number of thioether (sulfide) groups is 1. The number of fused-ring (bicyclic) bond motifs is 1. The fourth-order valence-electron chi connectivity index (χ4n) is 2.13. The van der Waals surface area contributed by atoms with Crippen molar-refractivity contribution < 1.29 is 19.1 Å². The zero-order chi connectivity index (χ0) is 16.3. The van der Waals surface area contributed by atoms with E-state index < -0.39 is 11.3 Å². The number of rotatable bonds is 5. The van der Waals surface area contributed by atoms with Gasteiger partial charge >= 0.3 is 11.9 Å². The highest BCUT2D eigenvalue weighted by Gasteiger charge is 2.25. The van der Waals surface area contributed by atoms with Crippen LogP contribution < -0.4 is 0 Å². The second kappa shape index (κ2) is 6.83. The SMILES string of the molecule is COC(=O)[C@@H](C)n1c(S[C@H](C)C(=O)OC)nc2ccccc21. The van der Waals surface area contributed by atoms with E-state index in [0.717, 1.165) is 11.0 Å². The Bertz CT molecular complexity index is 698. The lowest BCUT2D eigenvalue weighted by atomic mass is 10.3. The number of ether oxygens (including phenoxy) is 2. The van der Waals surface area contributed by atoms with Crippen LogP contribution in [-0.2, 0) is 19.1 Å². The predicted molar refractivity (Wildman–Crippen MR) is 83.8 cm³/mol. The lowest BCUT2D eigenvalue weighted by molar-refractivity contribution is -0.144. The Kier molecular flexibility index (Phi) is 5.07. The highest BCUT2D eigenvalue weighted by atomic mass is 32.2. The maximum Gasteiger partial charge on any atom is 0.328 e. The number of methoxy groups -OCH3 is 2. The van der Waals surface area contributed by atoms with Crippen LogP contribution in [0.25, 0.3) is 11.0 Å². The Morgan fingerprint density at radius 3 is 2.41 bits per heavy atom. The van der Waals surface area contributed by atoms with Gasteiger partial charge in [-0.2, -0.15) is 0 Å². The van der Waals surface area contributed by atoms with Crippen molar-refractivity contribution in [3.63, 3.8) is 0 Å². The predicted octanol–water partition coefficient (Wildman–Crippen LogP) is 2.42. The lowest BCUT2D eigenvalue weighted by Crippen LogP contribution is -2.20. The van der Waals surface area contributed by atoms with E-state index in [4.69, 9.17) is 9.47 Å². The van der Waals surface area contributed by atoms with Crippen molar-refractivity contribution >= 4 is 34.7 Å². The summed E-state index contributed by atoms with van der Waals surface area (Å²) in [5, 5.41) is 0.155. The van der Waals surface area contributed by atoms with Crippen LogP contribution in [0.15, 0.2) is 29.4 Å². The van der Waals surface area contributed by atoms with Gasteiger partial charge in [0, 0.05) is 0 Å². The fourth-order valence-corrected chi connectivity index (χ4v) is 3.16. The largest absolute Gasteiger partial charge is 0.468 e. The summed E-state index contributed by atoms with van der Waals surface area (Å²) in [6.45, 7) is 3.48. The van der Waals surface area contributed by atoms with E-state index in [9.17, 15) is 9.59 Å². The van der Waals surface area contributed by atoms with Gasteiger partial charge < -0.3 is 14.0 Å². The molecular weight excluding hydrogens is 304 g/mol. The smallest absolute Gasteiger partial charge is 0.328 e. The molecule has 2 rings (SSSR count). The summed E-state index contributed by atoms with van der Waals surface area (Å²) in [4.78, 5) is 28.1. The molecule has 22 heavy (non-hydrogen) atoms. The number of benzene rings is 1. The number of aromatic nitrogens is 2. The van der Waals surface area contributed by atoms with Crippen molar-refractivity contribution in [2.75, 3.05) is 14.2 Å². The molecule has 1 aromatic carbocycles. The van der Waals surface area contributed by atoms with Crippen LogP contribution >= 0.6 is 11.8 Å². The number of esters is 2. The van der Waals surface area contributed by atoms with E-state index in [-0.39, 0.29) is 11.9 Å². The zero-order valence-electron chi connectivity index (χ0n) is 12.9. The van der Waals surface area contributed by atoms with Crippen LogP contribution in [0.3, 0.4) is 0 Å². The molecule has 0 aliphatic carbocycles. The Balaban J connectivity index is 2.48. The Morgan fingerprint density at radius 1 is 1.14 bits per heavy atom. The third-order valence-corrected chi connectivity index (χ3v) is 4.35. The van der Waals surface area contributed by atoms with Crippen LogP contribution in [0.5, 0.6) is 0 Å². The van der Waals surface area contributed by atoms with Gasteiger partial charge in [0.15, 0.2) is 5.16 Å². The van der Waals surface area contributed by atoms with Crippen molar-refractivity contribution in [3.05, 3.63) is 24.3 Å². The summed E-state index contributed by atoms with van der Waals surface area (Å²) in [7, 11) is 2.70. The average molecular weight is 322 g/mol. The number of hydrogen-bond donors (Lipinski definition) is 0. The lowest BCUT2D eigenvalue weighted by Gasteiger charge is -2.16. The van der Waals surface area contributed by atoms with E-state index in [1.807, 2.05) is 24.3 Å². The number of para-hydroxylation sites is 2. The molecule has 0 aliphatic heterocycles. The van der Waals surface area contributed by atoms with Gasteiger partial charge in [-0.05, 0) is 26.0 Å². The molecule has 1 aromatic heterocycles. The molecule has 0 N–H and O–H groups in total. The van der Waals surface area contributed by atoms with E-state index in [1.165, 1.54) is 26.0 Å². The summed E-state index contributed by atoms with van der Waals surface area (Å²) >= 11 is 1.25. The molecule has 0 spiro atoms. The topological polar surface area (TPSA) is 70.4 Å². The summed E-state index contributed by atoms with van der Waals surface area (Å²) in [5.41, 5.74) is 1.58. The van der Waals surface area contributed by atoms with Gasteiger partial charge in [0.05, 0.1) is 25.3 Å². The second-order valence-corrected chi connectivity index (χ2v) is 6.04. The highest BCUT2D eigenvalue weighted by Crippen LogP contribution is 2.31. The minimum absolute atomic E-state index is 0.339. The van der Waals surface area contributed by atoms with E-state index in [0.29, 0.717) is 5.16 Å². The third-order valence-electron chi connectivity index (χ3n) is 3.31. The van der Waals surface area contributed by atoms with Crippen LogP contribution in [0.2, 0.25) is 0 Å². The first kappa shape index (κ1) is 16.4. The standard InChI is InChI=1S/C15H18N2O4S/c1-9(13(18)20-3)17-12-8-6-5-7-11(12)16-15(17)22-10(2)14(19)21-4/h5-10H,1-4H3/t9-,10-/m1/s1. The van der Waals surface area contributed by atoms with Gasteiger partial charge in [-0.25, -0.2) is 9.78 Å². The number of imidazole rings is 1. The highest BCUT2D eigenvalue weighted by molar-refractivity contribution is 8.00. The van der Waals surface area contributed by atoms with Crippen LogP contribution in [0.4, 0.5) is 0 Å². The molecule has 2 aromatic rings. The second-order valence-electron chi connectivity index (χ2n) is 4.74. The Labute approximate surface area is 132 Å². The van der Waals surface area contributed by atoms with Crippen LogP contribution in [-0.4, -0.2) is 41.0 Å². The first-order chi connectivity index (χ1) is 10.5. The van der Waals surface area contributed by atoms with E-state index in [2.05, 4.69) is 4.98 Å². The first-order valence-electron chi connectivity index (χ1n) is 6.78. The Hall–Kier alpha value is -2.02. The summed E-state index contributed by atoms with van der Waals surface area (Å²) in [6, 6.07) is 6.96. The minimum Gasteiger partial charge on any atom is -0.468 e. The maximum absolute atomic E-state index is 11.9. The van der Waals surface area contributed by atoms with Gasteiger partial charge in [0.25, 0.3) is 0 Å². The van der Waals surface area contributed by atoms with Gasteiger partial charge in [0.2, 0.25) is 0 Å². The van der Waals surface area contributed by atoms with E-state index >= 15 is 0 Å². The molecule has 7 heteroatoms. The maximum atomic E-state index is 11.9. The van der Waals surface area contributed by atoms with Crippen molar-refractivity contribution in [1.29, 1.82) is 0 Å². The molecule has 0 radical (unpaired) electrons. The van der Waals surface area contributed by atoms with Gasteiger partial charge in [-0.3, -0.25) is 4.79 Å². The molecule has 0 aliphatic rings. The molecule has 1 heterocycles. The number of nitrogens with zero attached hydrogens (tertiary/aromatic N) is 2. The van der Waals surface area contributed by atoms with E-state index in [1.54, 1.807) is 18.4 Å². The number of carbonyl (C=O) groups is 2. The van der Waals surface area contributed by atoms with Gasteiger partial charge in [-0.1, -0.05) is 23.9 Å². The quantitative estimate of drug-likeness (QED) is 0.622. The van der Waals surface area contributed by atoms with Crippen LogP contribution in [0.1, 0.15) is 19.9 Å². The van der Waals surface area contributed by atoms with Crippen molar-refractivity contribution in [2.45, 2.75) is 30.3 Å². The number of hydrogen-bond acceptors (Lipinski definition) is 6. The van der Waals surface area contributed by atoms with Gasteiger partial charge in [0.1, 0.15) is 11.3 Å². The molecule has 0 amide bonds. The average Bonchev–Trinajstić information content (AvgIpc) is 2.90. The summed E-state index contributed by atoms with van der Waals surface area (Å²) in [5.74, 6) is -0.704. The molecule has 118 valence electrons. The third kappa shape index (κ3) is 3.09. The molecule has 0 fully saturated rings.